The van der Waals surface area contributed by atoms with Crippen molar-refractivity contribution in [3.63, 3.8) is 0 Å². The standard InChI is InChI=1S/C13H28N2/c1-10-7-6-8-11(2)13(10)14-9-12(3)15(4)5/h10-14H,6-9H2,1-5H3. The molecule has 0 bridgehead atoms. The molecule has 1 N–H and O–H groups in total. The summed E-state index contributed by atoms with van der Waals surface area (Å²) in [6.07, 6.45) is 4.22. The molecular formula is C13H28N2. The maximum Gasteiger partial charge on any atom is 0.0186 e. The summed E-state index contributed by atoms with van der Waals surface area (Å²) in [7, 11) is 4.31. The third kappa shape index (κ3) is 3.76. The van der Waals surface area contributed by atoms with E-state index in [1.807, 2.05) is 0 Å². The van der Waals surface area contributed by atoms with E-state index in [9.17, 15) is 0 Å². The molecule has 0 radical (unpaired) electrons. The molecule has 1 saturated carbocycles. The summed E-state index contributed by atoms with van der Waals surface area (Å²) in [5.41, 5.74) is 0. The number of likely N-dealkylation sites (N-methyl/N-ethyl adjacent to an activating group) is 1. The van der Waals surface area contributed by atoms with Crippen LogP contribution in [0.1, 0.15) is 40.0 Å². The van der Waals surface area contributed by atoms with Gasteiger partial charge in [0.2, 0.25) is 0 Å². The van der Waals surface area contributed by atoms with Crippen LogP contribution in [0.3, 0.4) is 0 Å². The summed E-state index contributed by atoms with van der Waals surface area (Å²) in [5.74, 6) is 1.70. The molecule has 0 aliphatic heterocycles. The Morgan fingerprint density at radius 2 is 1.73 bits per heavy atom. The van der Waals surface area contributed by atoms with Gasteiger partial charge >= 0.3 is 0 Å². The third-order valence-electron chi connectivity index (χ3n) is 4.08. The first kappa shape index (κ1) is 13.0. The normalized spacial score (nSPS) is 34.4. The van der Waals surface area contributed by atoms with Gasteiger partial charge < -0.3 is 10.2 Å². The van der Waals surface area contributed by atoms with Crippen molar-refractivity contribution < 1.29 is 0 Å². The second-order valence-corrected chi connectivity index (χ2v) is 5.63. The Morgan fingerprint density at radius 1 is 1.20 bits per heavy atom. The van der Waals surface area contributed by atoms with Crippen LogP contribution in [-0.2, 0) is 0 Å². The number of hydrogen-bond acceptors (Lipinski definition) is 2. The molecule has 2 heteroatoms. The molecular weight excluding hydrogens is 184 g/mol. The van der Waals surface area contributed by atoms with E-state index in [-0.39, 0.29) is 0 Å². The molecule has 0 saturated heterocycles. The van der Waals surface area contributed by atoms with Crippen molar-refractivity contribution in [1.29, 1.82) is 0 Å². The molecule has 0 amide bonds. The molecule has 0 aromatic rings. The first-order chi connectivity index (χ1) is 7.02. The minimum atomic E-state index is 0.631. The molecule has 2 nitrogen and oxygen atoms in total. The molecule has 1 aliphatic rings. The number of hydrogen-bond donors (Lipinski definition) is 1. The van der Waals surface area contributed by atoms with Crippen LogP contribution in [0.2, 0.25) is 0 Å². The Bertz CT molecular complexity index is 169. The SMILES string of the molecule is CC1CCCC(C)C1NCC(C)N(C)C. The van der Waals surface area contributed by atoms with Gasteiger partial charge in [-0.05, 0) is 45.7 Å². The summed E-state index contributed by atoms with van der Waals surface area (Å²) < 4.78 is 0. The lowest BCUT2D eigenvalue weighted by Crippen LogP contribution is -2.47. The monoisotopic (exact) mass is 212 g/mol. The largest absolute Gasteiger partial charge is 0.312 e. The van der Waals surface area contributed by atoms with Crippen LogP contribution in [0.5, 0.6) is 0 Å². The highest BCUT2D eigenvalue weighted by atomic mass is 15.1. The summed E-state index contributed by atoms with van der Waals surface area (Å²) in [6, 6.07) is 1.37. The lowest BCUT2D eigenvalue weighted by molar-refractivity contribution is 0.191. The van der Waals surface area contributed by atoms with Gasteiger partial charge in [-0.3, -0.25) is 0 Å². The van der Waals surface area contributed by atoms with Gasteiger partial charge in [-0.2, -0.15) is 0 Å². The summed E-state index contributed by atoms with van der Waals surface area (Å²) in [4.78, 5) is 2.28. The van der Waals surface area contributed by atoms with Gasteiger partial charge in [0.05, 0.1) is 0 Å². The van der Waals surface area contributed by atoms with Crippen LogP contribution in [0, 0.1) is 11.8 Å². The van der Waals surface area contributed by atoms with E-state index in [0.717, 1.165) is 24.4 Å². The Hall–Kier alpha value is -0.0800. The summed E-state index contributed by atoms with van der Waals surface area (Å²) >= 11 is 0. The van der Waals surface area contributed by atoms with Crippen LogP contribution in [-0.4, -0.2) is 37.6 Å². The first-order valence-corrected chi connectivity index (χ1v) is 6.42. The van der Waals surface area contributed by atoms with Crippen molar-refractivity contribution in [2.45, 2.75) is 52.1 Å². The number of rotatable bonds is 4. The average Bonchev–Trinajstić information content (AvgIpc) is 2.16. The average molecular weight is 212 g/mol. The van der Waals surface area contributed by atoms with Crippen molar-refractivity contribution in [2.75, 3.05) is 20.6 Å². The van der Waals surface area contributed by atoms with E-state index < -0.39 is 0 Å². The van der Waals surface area contributed by atoms with Crippen LogP contribution >= 0.6 is 0 Å². The highest BCUT2D eigenvalue weighted by Gasteiger charge is 2.27. The van der Waals surface area contributed by atoms with E-state index in [0.29, 0.717) is 6.04 Å². The topological polar surface area (TPSA) is 15.3 Å². The summed E-state index contributed by atoms with van der Waals surface area (Å²) in [5, 5.41) is 3.76. The van der Waals surface area contributed by atoms with Gasteiger partial charge in [0, 0.05) is 18.6 Å². The second-order valence-electron chi connectivity index (χ2n) is 5.63. The molecule has 0 aromatic carbocycles. The van der Waals surface area contributed by atoms with Crippen molar-refractivity contribution in [1.82, 2.24) is 10.2 Å². The quantitative estimate of drug-likeness (QED) is 0.769. The number of nitrogens with one attached hydrogen (secondary N) is 1. The third-order valence-corrected chi connectivity index (χ3v) is 4.08. The van der Waals surface area contributed by atoms with Crippen LogP contribution in [0.4, 0.5) is 0 Å². The van der Waals surface area contributed by atoms with E-state index in [1.54, 1.807) is 0 Å². The summed E-state index contributed by atoms with van der Waals surface area (Å²) in [6.45, 7) is 8.19. The minimum Gasteiger partial charge on any atom is -0.312 e. The van der Waals surface area contributed by atoms with Gasteiger partial charge in [0.25, 0.3) is 0 Å². The van der Waals surface area contributed by atoms with Crippen LogP contribution < -0.4 is 5.32 Å². The van der Waals surface area contributed by atoms with Crippen molar-refractivity contribution >= 4 is 0 Å². The minimum absolute atomic E-state index is 0.631. The zero-order chi connectivity index (χ0) is 11.4. The van der Waals surface area contributed by atoms with Gasteiger partial charge in [-0.25, -0.2) is 0 Å². The molecule has 0 heterocycles. The Morgan fingerprint density at radius 3 is 2.20 bits per heavy atom. The van der Waals surface area contributed by atoms with Gasteiger partial charge in [-0.1, -0.05) is 20.3 Å². The lowest BCUT2D eigenvalue weighted by atomic mass is 9.78. The van der Waals surface area contributed by atoms with E-state index >= 15 is 0 Å². The fourth-order valence-electron chi connectivity index (χ4n) is 2.57. The Labute approximate surface area is 95.4 Å². The molecule has 1 rings (SSSR count). The molecule has 1 fully saturated rings. The zero-order valence-electron chi connectivity index (χ0n) is 11.1. The van der Waals surface area contributed by atoms with Crippen LogP contribution in [0.15, 0.2) is 0 Å². The molecule has 3 atom stereocenters. The predicted octanol–water partition coefficient (Wildman–Crippen LogP) is 2.35. The van der Waals surface area contributed by atoms with Crippen LogP contribution in [0.25, 0.3) is 0 Å². The lowest BCUT2D eigenvalue weighted by Gasteiger charge is -2.36. The van der Waals surface area contributed by atoms with Crippen molar-refractivity contribution in [3.8, 4) is 0 Å². The van der Waals surface area contributed by atoms with E-state index in [2.05, 4.69) is 45.1 Å². The zero-order valence-corrected chi connectivity index (χ0v) is 11.1. The molecule has 0 aromatic heterocycles. The van der Waals surface area contributed by atoms with E-state index in [1.165, 1.54) is 19.3 Å². The molecule has 3 unspecified atom stereocenters. The molecule has 1 aliphatic carbocycles. The number of nitrogens with zero attached hydrogens (tertiary/aromatic N) is 1. The predicted molar refractivity (Wildman–Crippen MR) is 67.1 cm³/mol. The van der Waals surface area contributed by atoms with Gasteiger partial charge in [0.1, 0.15) is 0 Å². The molecule has 90 valence electrons. The fraction of sp³-hybridized carbons (Fsp3) is 1.00. The fourth-order valence-corrected chi connectivity index (χ4v) is 2.57. The highest BCUT2D eigenvalue weighted by molar-refractivity contribution is 4.84. The smallest absolute Gasteiger partial charge is 0.0186 e. The Balaban J connectivity index is 2.35. The van der Waals surface area contributed by atoms with Gasteiger partial charge in [0.15, 0.2) is 0 Å². The van der Waals surface area contributed by atoms with Gasteiger partial charge in [-0.15, -0.1) is 0 Å². The maximum absolute atomic E-state index is 3.76. The molecule has 0 spiro atoms. The maximum atomic E-state index is 3.76. The Kier molecular flexibility index (Phi) is 5.07. The van der Waals surface area contributed by atoms with Crippen molar-refractivity contribution in [3.05, 3.63) is 0 Å². The first-order valence-electron chi connectivity index (χ1n) is 6.42. The molecule has 15 heavy (non-hydrogen) atoms. The van der Waals surface area contributed by atoms with E-state index in [4.69, 9.17) is 0 Å². The second kappa shape index (κ2) is 5.86. The highest BCUT2D eigenvalue weighted by Crippen LogP contribution is 2.28. The van der Waals surface area contributed by atoms with Crippen molar-refractivity contribution in [2.24, 2.45) is 11.8 Å².